The van der Waals surface area contributed by atoms with Crippen molar-refractivity contribution >= 4 is 36.1 Å². The molecule has 3 aliphatic rings. The van der Waals surface area contributed by atoms with E-state index < -0.39 is 12.1 Å². The molecule has 5 N–H and O–H groups in total. The van der Waals surface area contributed by atoms with Gasteiger partial charge in [0.1, 0.15) is 18.9 Å². The number of nitrogens with zero attached hydrogens (tertiary/aromatic N) is 1. The zero-order valence-electron chi connectivity index (χ0n) is 23.4. The monoisotopic (exact) mass is 544 g/mol. The van der Waals surface area contributed by atoms with Crippen LogP contribution in [0.25, 0.3) is 0 Å². The lowest BCUT2D eigenvalue weighted by molar-refractivity contribution is -0.144. The Morgan fingerprint density at radius 2 is 1.82 bits per heavy atom. The van der Waals surface area contributed by atoms with Gasteiger partial charge in [0, 0.05) is 38.3 Å². The fourth-order valence-corrected chi connectivity index (χ4v) is 5.06. The van der Waals surface area contributed by atoms with E-state index in [2.05, 4.69) is 26.6 Å². The highest BCUT2D eigenvalue weighted by atomic mass is 16.2. The number of likely N-dealkylation sites (N-methyl/N-ethyl adjacent to an activating group) is 1. The van der Waals surface area contributed by atoms with E-state index in [1.165, 1.54) is 0 Å². The van der Waals surface area contributed by atoms with Gasteiger partial charge in [0.2, 0.25) is 23.6 Å². The summed E-state index contributed by atoms with van der Waals surface area (Å²) in [6.45, 7) is 5.07. The molecular weight excluding hydrogens is 500 g/mol. The van der Waals surface area contributed by atoms with Crippen LogP contribution in [-0.4, -0.2) is 80.1 Å². The van der Waals surface area contributed by atoms with E-state index in [4.69, 9.17) is 4.79 Å². The molecule has 0 saturated carbocycles. The molecule has 1 aromatic rings. The second-order valence-corrected chi connectivity index (χ2v) is 9.97. The van der Waals surface area contributed by atoms with E-state index in [-0.39, 0.29) is 35.7 Å². The molecule has 4 unspecified atom stereocenters. The van der Waals surface area contributed by atoms with Gasteiger partial charge < -0.3 is 36.3 Å². The van der Waals surface area contributed by atoms with E-state index in [9.17, 15) is 19.2 Å². The van der Waals surface area contributed by atoms with Gasteiger partial charge in [-0.25, -0.2) is 0 Å². The fraction of sp³-hybridized carbons (Fsp3) is 0.607. The fourth-order valence-electron chi connectivity index (χ4n) is 5.06. The Labute approximate surface area is 231 Å². The second-order valence-electron chi connectivity index (χ2n) is 9.97. The van der Waals surface area contributed by atoms with Crippen molar-refractivity contribution in [2.45, 2.75) is 89.0 Å². The molecule has 0 bridgehead atoms. The highest BCUT2D eigenvalue weighted by Crippen LogP contribution is 2.31. The molecule has 4 amide bonds. The number of hydrogen-bond donors (Lipinski definition) is 5. The molecule has 0 aromatic heterocycles. The number of hydrogen-bond acceptors (Lipinski definition) is 7. The minimum absolute atomic E-state index is 0.0669. The molecule has 216 valence electrons. The Bertz CT molecular complexity index is 966. The van der Waals surface area contributed by atoms with E-state index in [1.807, 2.05) is 38.1 Å². The highest BCUT2D eigenvalue weighted by molar-refractivity contribution is 5.93. The number of amides is 4. The summed E-state index contributed by atoms with van der Waals surface area (Å²) in [5.74, 6) is -0.242. The molecule has 0 radical (unpaired) electrons. The predicted molar refractivity (Wildman–Crippen MR) is 150 cm³/mol. The van der Waals surface area contributed by atoms with Crippen molar-refractivity contribution in [3.05, 3.63) is 29.8 Å². The first kappa shape index (κ1) is 31.7. The van der Waals surface area contributed by atoms with Crippen LogP contribution in [0.4, 0.5) is 5.69 Å². The third-order valence-corrected chi connectivity index (χ3v) is 7.37. The quantitative estimate of drug-likeness (QED) is 0.345. The lowest BCUT2D eigenvalue weighted by atomic mass is 9.98. The van der Waals surface area contributed by atoms with E-state index in [1.54, 1.807) is 18.9 Å². The van der Waals surface area contributed by atoms with E-state index >= 15 is 0 Å². The predicted octanol–water partition coefficient (Wildman–Crippen LogP) is 1.08. The maximum Gasteiger partial charge on any atom is 0.246 e. The van der Waals surface area contributed by atoms with Crippen molar-refractivity contribution < 1.29 is 24.0 Å². The van der Waals surface area contributed by atoms with Crippen molar-refractivity contribution in [3.8, 4) is 0 Å². The van der Waals surface area contributed by atoms with Gasteiger partial charge in [-0.2, -0.15) is 0 Å². The summed E-state index contributed by atoms with van der Waals surface area (Å²) in [5.41, 5.74) is 1.99. The van der Waals surface area contributed by atoms with Crippen LogP contribution in [-0.2, 0) is 30.5 Å². The second kappa shape index (κ2) is 16.5. The molecule has 3 heterocycles. The van der Waals surface area contributed by atoms with E-state index in [0.29, 0.717) is 19.4 Å². The number of anilines is 1. The largest absolute Gasteiger partial charge is 0.388 e. The number of rotatable bonds is 7. The molecule has 4 atom stereocenters. The Hall–Kier alpha value is -3.47. The van der Waals surface area contributed by atoms with Crippen molar-refractivity contribution in [3.63, 3.8) is 0 Å². The van der Waals surface area contributed by atoms with E-state index in [0.717, 1.165) is 56.3 Å². The summed E-state index contributed by atoms with van der Waals surface area (Å²) in [5, 5.41) is 14.6. The van der Waals surface area contributed by atoms with Crippen LogP contribution in [0.5, 0.6) is 0 Å². The summed E-state index contributed by atoms with van der Waals surface area (Å²) < 4.78 is 0. The van der Waals surface area contributed by atoms with Gasteiger partial charge in [0.25, 0.3) is 0 Å². The van der Waals surface area contributed by atoms with Gasteiger partial charge in [-0.15, -0.1) is 0 Å². The van der Waals surface area contributed by atoms with Gasteiger partial charge in [-0.05, 0) is 63.8 Å². The van der Waals surface area contributed by atoms with Gasteiger partial charge in [-0.3, -0.25) is 19.2 Å². The Morgan fingerprint density at radius 1 is 1.08 bits per heavy atom. The van der Waals surface area contributed by atoms with Crippen LogP contribution in [0.1, 0.15) is 63.9 Å². The van der Waals surface area contributed by atoms with Crippen LogP contribution in [0, 0.1) is 0 Å². The molecule has 0 spiro atoms. The van der Waals surface area contributed by atoms with Crippen LogP contribution in [0.15, 0.2) is 24.3 Å². The van der Waals surface area contributed by atoms with Crippen LogP contribution in [0.2, 0.25) is 0 Å². The molecule has 3 saturated heterocycles. The van der Waals surface area contributed by atoms with Gasteiger partial charge in [0.05, 0.1) is 6.04 Å². The van der Waals surface area contributed by atoms with Crippen molar-refractivity contribution in [2.75, 3.05) is 26.0 Å². The zero-order chi connectivity index (χ0) is 28.8. The molecule has 39 heavy (non-hydrogen) atoms. The highest BCUT2D eigenvalue weighted by Gasteiger charge is 2.43. The lowest BCUT2D eigenvalue weighted by Gasteiger charge is -2.35. The molecular formula is C28H44N6O5. The van der Waals surface area contributed by atoms with Gasteiger partial charge >= 0.3 is 0 Å². The average Bonchev–Trinajstić information content (AvgIpc) is 3.62. The van der Waals surface area contributed by atoms with Crippen LogP contribution < -0.4 is 26.6 Å². The summed E-state index contributed by atoms with van der Waals surface area (Å²) in [6.07, 6.45) is 6.65. The first-order valence-corrected chi connectivity index (χ1v) is 13.7. The Balaban J connectivity index is 0.000000578. The third-order valence-electron chi connectivity index (χ3n) is 7.37. The molecule has 3 aliphatic heterocycles. The maximum atomic E-state index is 13.4. The zero-order valence-corrected chi connectivity index (χ0v) is 23.4. The molecule has 1 aromatic carbocycles. The number of benzene rings is 1. The van der Waals surface area contributed by atoms with Crippen molar-refractivity contribution in [1.29, 1.82) is 0 Å². The lowest BCUT2D eigenvalue weighted by Crippen LogP contribution is -2.57. The number of carbonyl (C=O) groups is 5. The molecule has 4 rings (SSSR count). The summed E-state index contributed by atoms with van der Waals surface area (Å²) >= 11 is 0. The third kappa shape index (κ3) is 9.35. The Morgan fingerprint density at radius 3 is 2.44 bits per heavy atom. The first-order valence-electron chi connectivity index (χ1n) is 13.7. The average molecular weight is 545 g/mol. The molecule has 0 aliphatic carbocycles. The Kier molecular flexibility index (Phi) is 13.4. The standard InChI is InChI=1S/C23H35N5O3.C4H7NO.CH2O/c1-15(24-2)21(29)27-19-10-5-4-9-18-11-12-20(28(18)23(19)31)22(30)26-14-16-7-6-8-17(13-16)25-3;6-4-2-1-3-5-4;1-2/h6-8,13,15,18-20,24-25H,4-5,9-12,14H2,1-3H3,(H,26,30)(H,27,29);1-3H2,(H,5,6);1H2. The smallest absolute Gasteiger partial charge is 0.246 e. The van der Waals surface area contributed by atoms with Crippen molar-refractivity contribution in [1.82, 2.24) is 26.2 Å². The molecule has 11 nitrogen and oxygen atoms in total. The normalized spacial score (nSPS) is 22.8. The topological polar surface area (TPSA) is 149 Å². The number of fused-ring (bicyclic) bond motifs is 1. The van der Waals surface area contributed by atoms with Crippen LogP contribution in [0.3, 0.4) is 0 Å². The minimum atomic E-state index is -0.577. The van der Waals surface area contributed by atoms with Crippen molar-refractivity contribution in [2.24, 2.45) is 0 Å². The van der Waals surface area contributed by atoms with Gasteiger partial charge in [-0.1, -0.05) is 25.0 Å². The number of nitrogens with one attached hydrogen (secondary N) is 5. The SMILES string of the molecule is C=O.CNc1cccc(CNC(=O)C2CCC3CCCCC(NC(=O)C(C)NC)C(=O)N32)c1.O=C1CCCN1. The van der Waals surface area contributed by atoms with Gasteiger partial charge in [0.15, 0.2) is 0 Å². The molecule has 3 fully saturated rings. The van der Waals surface area contributed by atoms with Crippen LogP contribution >= 0.6 is 0 Å². The maximum absolute atomic E-state index is 13.4. The summed E-state index contributed by atoms with van der Waals surface area (Å²) in [6, 6.07) is 6.50. The first-order chi connectivity index (χ1) is 18.8. The minimum Gasteiger partial charge on any atom is -0.388 e. The summed E-state index contributed by atoms with van der Waals surface area (Å²) in [4.78, 5) is 58.7. The summed E-state index contributed by atoms with van der Waals surface area (Å²) in [7, 11) is 3.57. The molecule has 11 heteroatoms. The number of carbonyl (C=O) groups excluding carboxylic acids is 5.